The van der Waals surface area contributed by atoms with Crippen molar-refractivity contribution in [2.24, 2.45) is 23.7 Å². The molecule has 0 saturated heterocycles. The lowest BCUT2D eigenvalue weighted by atomic mass is 9.78. The van der Waals surface area contributed by atoms with Crippen molar-refractivity contribution >= 4 is 0 Å². The highest BCUT2D eigenvalue weighted by molar-refractivity contribution is 5.27. The van der Waals surface area contributed by atoms with Crippen LogP contribution < -0.4 is 4.74 Å². The van der Waals surface area contributed by atoms with Crippen molar-refractivity contribution in [3.05, 3.63) is 29.8 Å². The molecule has 158 valence electrons. The SMILES string of the molecule is CCCC1CCC(CCc2ccc(OCCCC3CCCCC3C)cc2)CC1. The molecule has 1 heteroatoms. The Morgan fingerprint density at radius 2 is 1.50 bits per heavy atom. The van der Waals surface area contributed by atoms with Gasteiger partial charge in [0.1, 0.15) is 5.75 Å². The van der Waals surface area contributed by atoms with Crippen LogP contribution >= 0.6 is 0 Å². The second-order valence-electron chi connectivity index (χ2n) is 9.87. The maximum atomic E-state index is 6.02. The van der Waals surface area contributed by atoms with Crippen LogP contribution in [0.3, 0.4) is 0 Å². The second-order valence-corrected chi connectivity index (χ2v) is 9.87. The third-order valence-corrected chi connectivity index (χ3v) is 7.70. The summed E-state index contributed by atoms with van der Waals surface area (Å²) in [5.41, 5.74) is 1.49. The van der Waals surface area contributed by atoms with Crippen molar-refractivity contribution in [3.63, 3.8) is 0 Å². The molecule has 0 spiro atoms. The molecule has 2 saturated carbocycles. The molecule has 0 radical (unpaired) electrons. The van der Waals surface area contributed by atoms with E-state index in [9.17, 15) is 0 Å². The van der Waals surface area contributed by atoms with Crippen molar-refractivity contribution in [1.29, 1.82) is 0 Å². The van der Waals surface area contributed by atoms with Gasteiger partial charge < -0.3 is 4.74 Å². The summed E-state index contributed by atoms with van der Waals surface area (Å²) in [6.07, 6.45) is 19.6. The number of hydrogen-bond donors (Lipinski definition) is 0. The third-order valence-electron chi connectivity index (χ3n) is 7.70. The van der Waals surface area contributed by atoms with Crippen LogP contribution in [0.25, 0.3) is 0 Å². The van der Waals surface area contributed by atoms with Crippen LogP contribution in [-0.4, -0.2) is 6.61 Å². The van der Waals surface area contributed by atoms with E-state index in [1.807, 2.05) is 0 Å². The van der Waals surface area contributed by atoms with Crippen LogP contribution in [0.5, 0.6) is 5.75 Å². The lowest BCUT2D eigenvalue weighted by Crippen LogP contribution is -2.17. The molecule has 1 aromatic carbocycles. The van der Waals surface area contributed by atoms with Gasteiger partial charge in [-0.15, -0.1) is 0 Å². The molecule has 0 amide bonds. The van der Waals surface area contributed by atoms with Gasteiger partial charge in [0.25, 0.3) is 0 Å². The Labute approximate surface area is 174 Å². The molecule has 0 aromatic heterocycles. The molecule has 28 heavy (non-hydrogen) atoms. The highest BCUT2D eigenvalue weighted by Gasteiger charge is 2.21. The molecular formula is C27H44O. The van der Waals surface area contributed by atoms with Gasteiger partial charge in [-0.2, -0.15) is 0 Å². The molecule has 0 N–H and O–H groups in total. The summed E-state index contributed by atoms with van der Waals surface area (Å²) in [4.78, 5) is 0. The molecule has 2 atom stereocenters. The summed E-state index contributed by atoms with van der Waals surface area (Å²) in [5.74, 6) is 4.91. The summed E-state index contributed by atoms with van der Waals surface area (Å²) >= 11 is 0. The fourth-order valence-corrected chi connectivity index (χ4v) is 5.70. The van der Waals surface area contributed by atoms with Crippen molar-refractivity contribution in [2.75, 3.05) is 6.61 Å². The van der Waals surface area contributed by atoms with Crippen LogP contribution in [0.1, 0.15) is 103 Å². The first-order chi connectivity index (χ1) is 13.7. The van der Waals surface area contributed by atoms with E-state index in [1.54, 1.807) is 0 Å². The maximum Gasteiger partial charge on any atom is 0.119 e. The van der Waals surface area contributed by atoms with Crippen LogP contribution in [0.4, 0.5) is 0 Å². The predicted molar refractivity (Wildman–Crippen MR) is 121 cm³/mol. The minimum atomic E-state index is 0.879. The topological polar surface area (TPSA) is 9.23 Å². The van der Waals surface area contributed by atoms with Crippen molar-refractivity contribution < 1.29 is 4.74 Å². The van der Waals surface area contributed by atoms with Crippen LogP contribution in [-0.2, 0) is 6.42 Å². The molecular weight excluding hydrogens is 340 g/mol. The molecule has 0 bridgehead atoms. The van der Waals surface area contributed by atoms with Gasteiger partial charge in [-0.1, -0.05) is 90.2 Å². The van der Waals surface area contributed by atoms with Gasteiger partial charge in [0.2, 0.25) is 0 Å². The Balaban J connectivity index is 1.29. The number of benzene rings is 1. The number of hydrogen-bond acceptors (Lipinski definition) is 1. The first kappa shape index (κ1) is 21.7. The van der Waals surface area contributed by atoms with Crippen molar-refractivity contribution in [3.8, 4) is 5.75 Å². The zero-order valence-electron chi connectivity index (χ0n) is 18.6. The first-order valence-electron chi connectivity index (χ1n) is 12.5. The fraction of sp³-hybridized carbons (Fsp3) is 0.778. The van der Waals surface area contributed by atoms with Gasteiger partial charge in [-0.3, -0.25) is 0 Å². The minimum Gasteiger partial charge on any atom is -0.494 e. The number of rotatable bonds is 10. The standard InChI is InChI=1S/C27H44O/c1-3-7-23-11-13-24(14-12-23)15-16-25-17-19-27(20-18-25)28-21-6-10-26-9-5-4-8-22(26)2/h17-20,22-24,26H,3-16,21H2,1-2H3. The fourth-order valence-electron chi connectivity index (χ4n) is 5.70. The van der Waals surface area contributed by atoms with E-state index in [2.05, 4.69) is 38.1 Å². The highest BCUT2D eigenvalue weighted by atomic mass is 16.5. The molecule has 2 fully saturated rings. The Morgan fingerprint density at radius 3 is 2.18 bits per heavy atom. The zero-order valence-corrected chi connectivity index (χ0v) is 18.6. The zero-order chi connectivity index (χ0) is 19.6. The van der Waals surface area contributed by atoms with Gasteiger partial charge in [-0.05, 0) is 67.1 Å². The van der Waals surface area contributed by atoms with Gasteiger partial charge in [0.05, 0.1) is 6.61 Å². The second kappa shape index (κ2) is 11.9. The van der Waals surface area contributed by atoms with Crippen LogP contribution in [0.15, 0.2) is 24.3 Å². The van der Waals surface area contributed by atoms with E-state index in [1.165, 1.54) is 95.5 Å². The smallest absolute Gasteiger partial charge is 0.119 e. The summed E-state index contributed by atoms with van der Waals surface area (Å²) < 4.78 is 6.02. The number of aryl methyl sites for hydroxylation is 1. The molecule has 3 rings (SSSR count). The minimum absolute atomic E-state index is 0.879. The van der Waals surface area contributed by atoms with Gasteiger partial charge in [-0.25, -0.2) is 0 Å². The Hall–Kier alpha value is -0.980. The average molecular weight is 385 g/mol. The number of ether oxygens (including phenoxy) is 1. The molecule has 2 aliphatic rings. The summed E-state index contributed by atoms with van der Waals surface area (Å²) in [5, 5.41) is 0. The lowest BCUT2D eigenvalue weighted by molar-refractivity contribution is 0.217. The Bertz CT molecular complexity index is 526. The van der Waals surface area contributed by atoms with E-state index in [0.29, 0.717) is 0 Å². The van der Waals surface area contributed by atoms with Crippen LogP contribution in [0, 0.1) is 23.7 Å². The maximum absolute atomic E-state index is 6.02. The quantitative estimate of drug-likeness (QED) is 0.369. The summed E-state index contributed by atoms with van der Waals surface area (Å²) in [6.45, 7) is 5.65. The van der Waals surface area contributed by atoms with Gasteiger partial charge >= 0.3 is 0 Å². The van der Waals surface area contributed by atoms with Crippen molar-refractivity contribution in [2.45, 2.75) is 104 Å². The van der Waals surface area contributed by atoms with Crippen molar-refractivity contribution in [1.82, 2.24) is 0 Å². The predicted octanol–water partition coefficient (Wildman–Crippen LogP) is 8.21. The molecule has 1 nitrogen and oxygen atoms in total. The molecule has 2 aliphatic carbocycles. The average Bonchev–Trinajstić information content (AvgIpc) is 2.73. The first-order valence-corrected chi connectivity index (χ1v) is 12.5. The van der Waals surface area contributed by atoms with E-state index < -0.39 is 0 Å². The van der Waals surface area contributed by atoms with E-state index in [-0.39, 0.29) is 0 Å². The third kappa shape index (κ3) is 7.12. The molecule has 0 heterocycles. The Kier molecular flexibility index (Phi) is 9.22. The highest BCUT2D eigenvalue weighted by Crippen LogP contribution is 2.34. The van der Waals surface area contributed by atoms with Gasteiger partial charge in [0.15, 0.2) is 0 Å². The van der Waals surface area contributed by atoms with E-state index >= 15 is 0 Å². The van der Waals surface area contributed by atoms with Gasteiger partial charge in [0, 0.05) is 0 Å². The Morgan fingerprint density at radius 1 is 0.821 bits per heavy atom. The molecule has 2 unspecified atom stereocenters. The normalized spacial score (nSPS) is 28.2. The largest absolute Gasteiger partial charge is 0.494 e. The molecule has 0 aliphatic heterocycles. The monoisotopic (exact) mass is 384 g/mol. The molecule has 1 aromatic rings. The summed E-state index contributed by atoms with van der Waals surface area (Å²) in [6, 6.07) is 8.97. The summed E-state index contributed by atoms with van der Waals surface area (Å²) in [7, 11) is 0. The van der Waals surface area contributed by atoms with E-state index in [4.69, 9.17) is 4.74 Å². The van der Waals surface area contributed by atoms with Crippen LogP contribution in [0.2, 0.25) is 0 Å². The lowest BCUT2D eigenvalue weighted by Gasteiger charge is -2.28. The van der Waals surface area contributed by atoms with E-state index in [0.717, 1.165) is 36.0 Å².